The molecule has 2 atom stereocenters. The van der Waals surface area contributed by atoms with Gasteiger partial charge in [0.05, 0.1) is 19.9 Å². The fourth-order valence-electron chi connectivity index (χ4n) is 2.71. The van der Waals surface area contributed by atoms with Crippen molar-refractivity contribution in [1.82, 2.24) is 14.9 Å². The van der Waals surface area contributed by atoms with Crippen LogP contribution in [0, 0.1) is 5.82 Å². The highest BCUT2D eigenvalue weighted by Crippen LogP contribution is 2.30. The smallest absolute Gasteiger partial charge is 0.274 e. The summed E-state index contributed by atoms with van der Waals surface area (Å²) in [7, 11) is 1.42. The first kappa shape index (κ1) is 17.1. The van der Waals surface area contributed by atoms with E-state index in [4.69, 9.17) is 9.47 Å². The minimum atomic E-state index is -0.885. The third-order valence-corrected chi connectivity index (χ3v) is 3.99. The highest BCUT2D eigenvalue weighted by molar-refractivity contribution is 5.92. The molecule has 7 nitrogen and oxygen atoms in total. The summed E-state index contributed by atoms with van der Waals surface area (Å²) in [6.07, 6.45) is 3.34. The van der Waals surface area contributed by atoms with Gasteiger partial charge in [0.15, 0.2) is 11.5 Å². The monoisotopic (exact) mass is 347 g/mol. The summed E-state index contributed by atoms with van der Waals surface area (Å²) in [6.45, 7) is 0.518. The van der Waals surface area contributed by atoms with Crippen molar-refractivity contribution in [3.63, 3.8) is 0 Å². The number of carbonyl (C=O) groups is 1. The second-order valence-electron chi connectivity index (χ2n) is 5.65. The predicted octanol–water partition coefficient (Wildman–Crippen LogP) is 1.28. The van der Waals surface area contributed by atoms with E-state index in [2.05, 4.69) is 9.97 Å². The maximum atomic E-state index is 13.3. The summed E-state index contributed by atoms with van der Waals surface area (Å²) in [6, 6.07) is 3.93. The van der Waals surface area contributed by atoms with Crippen LogP contribution in [0.4, 0.5) is 4.39 Å². The number of likely N-dealkylation sites (tertiary alicyclic amines) is 1. The molecule has 3 rings (SSSR count). The Morgan fingerprint density at radius 2 is 2.20 bits per heavy atom. The second kappa shape index (κ2) is 7.43. The van der Waals surface area contributed by atoms with E-state index in [-0.39, 0.29) is 23.9 Å². The van der Waals surface area contributed by atoms with Gasteiger partial charge in [0.2, 0.25) is 0 Å². The molecule has 0 bridgehead atoms. The van der Waals surface area contributed by atoms with Crippen molar-refractivity contribution >= 4 is 5.91 Å². The Bertz CT molecular complexity index is 744. The van der Waals surface area contributed by atoms with Crippen LogP contribution in [0.1, 0.15) is 16.9 Å². The molecule has 1 fully saturated rings. The van der Waals surface area contributed by atoms with Crippen molar-refractivity contribution in [3.05, 3.63) is 48.3 Å². The summed E-state index contributed by atoms with van der Waals surface area (Å²) < 4.78 is 24.1. The van der Waals surface area contributed by atoms with E-state index in [9.17, 15) is 14.3 Å². The lowest BCUT2D eigenvalue weighted by Crippen LogP contribution is -2.51. The number of hydrogen-bond acceptors (Lipinski definition) is 6. The van der Waals surface area contributed by atoms with Crippen LogP contribution in [0.15, 0.2) is 36.8 Å². The Labute approximate surface area is 144 Å². The Kier molecular flexibility index (Phi) is 5.08. The number of piperidine rings is 1. The third-order valence-electron chi connectivity index (χ3n) is 3.99. The van der Waals surface area contributed by atoms with Crippen molar-refractivity contribution < 1.29 is 23.8 Å². The number of halogens is 1. The molecule has 1 aromatic heterocycles. The molecule has 1 aliphatic rings. The topological polar surface area (TPSA) is 84.8 Å². The van der Waals surface area contributed by atoms with Gasteiger partial charge in [-0.05, 0) is 12.1 Å². The maximum absolute atomic E-state index is 13.3. The fraction of sp³-hybridized carbons (Fsp3) is 0.353. The number of β-amino-alcohol motifs (C(OH)–C–C–N with tert-alkyl or cyclic N) is 1. The quantitative estimate of drug-likeness (QED) is 0.897. The molecule has 1 amide bonds. The molecule has 0 spiro atoms. The van der Waals surface area contributed by atoms with Gasteiger partial charge < -0.3 is 19.5 Å². The Morgan fingerprint density at radius 1 is 1.36 bits per heavy atom. The number of rotatable bonds is 4. The first-order chi connectivity index (χ1) is 12.1. The van der Waals surface area contributed by atoms with Crippen LogP contribution in [0.3, 0.4) is 0 Å². The standard InChI is InChI=1S/C17H18FN3O4/c1-24-16-8-11(18)2-3-15(16)25-14-4-7-21(10-13(14)22)17(23)12-9-19-5-6-20-12/h2-3,5-6,8-9,13-14,22H,4,7,10H2,1H3/t13-,14-/m1/s1. The van der Waals surface area contributed by atoms with Gasteiger partial charge in [-0.1, -0.05) is 0 Å². The minimum absolute atomic E-state index is 0.115. The van der Waals surface area contributed by atoms with Crippen molar-refractivity contribution in [3.8, 4) is 11.5 Å². The van der Waals surface area contributed by atoms with E-state index in [1.165, 1.54) is 48.8 Å². The first-order valence-corrected chi connectivity index (χ1v) is 7.82. The molecule has 2 heterocycles. The van der Waals surface area contributed by atoms with Gasteiger partial charge >= 0.3 is 0 Å². The summed E-state index contributed by atoms with van der Waals surface area (Å²) in [4.78, 5) is 21.7. The van der Waals surface area contributed by atoms with Crippen LogP contribution >= 0.6 is 0 Å². The third kappa shape index (κ3) is 3.85. The molecule has 1 aromatic carbocycles. The molecule has 2 aromatic rings. The number of aliphatic hydroxyl groups excluding tert-OH is 1. The second-order valence-corrected chi connectivity index (χ2v) is 5.65. The number of hydrogen-bond donors (Lipinski definition) is 1. The van der Waals surface area contributed by atoms with Crippen LogP contribution in [-0.2, 0) is 0 Å². The van der Waals surface area contributed by atoms with Crippen molar-refractivity contribution in [1.29, 1.82) is 0 Å². The predicted molar refractivity (Wildman–Crippen MR) is 85.9 cm³/mol. The number of ether oxygens (including phenoxy) is 2. The SMILES string of the molecule is COc1cc(F)ccc1O[C@@H]1CCN(C(=O)c2cnccn2)C[C@H]1O. The van der Waals surface area contributed by atoms with E-state index in [0.717, 1.165) is 0 Å². The number of aromatic nitrogens is 2. The Morgan fingerprint density at radius 3 is 2.88 bits per heavy atom. The van der Waals surface area contributed by atoms with E-state index in [0.29, 0.717) is 18.7 Å². The zero-order chi connectivity index (χ0) is 17.8. The molecule has 0 unspecified atom stereocenters. The minimum Gasteiger partial charge on any atom is -0.493 e. The van der Waals surface area contributed by atoms with Crippen molar-refractivity contribution in [2.75, 3.05) is 20.2 Å². The zero-order valence-electron chi connectivity index (χ0n) is 13.6. The van der Waals surface area contributed by atoms with Crippen LogP contribution in [-0.4, -0.2) is 58.3 Å². The average Bonchev–Trinajstić information content (AvgIpc) is 2.64. The molecule has 1 saturated heterocycles. The number of carbonyl (C=O) groups excluding carboxylic acids is 1. The van der Waals surface area contributed by atoms with E-state index >= 15 is 0 Å². The fourth-order valence-corrected chi connectivity index (χ4v) is 2.71. The molecule has 25 heavy (non-hydrogen) atoms. The van der Waals surface area contributed by atoms with Gasteiger partial charge in [-0.3, -0.25) is 9.78 Å². The Hall–Kier alpha value is -2.74. The van der Waals surface area contributed by atoms with Crippen LogP contribution < -0.4 is 9.47 Å². The van der Waals surface area contributed by atoms with Gasteiger partial charge in [0.25, 0.3) is 5.91 Å². The van der Waals surface area contributed by atoms with Crippen LogP contribution in [0.2, 0.25) is 0 Å². The largest absolute Gasteiger partial charge is 0.493 e. The lowest BCUT2D eigenvalue weighted by molar-refractivity contribution is -0.0209. The number of nitrogens with zero attached hydrogens (tertiary/aromatic N) is 3. The van der Waals surface area contributed by atoms with E-state index in [1.54, 1.807) is 0 Å². The molecule has 1 N–H and O–H groups in total. The average molecular weight is 347 g/mol. The van der Waals surface area contributed by atoms with Crippen molar-refractivity contribution in [2.24, 2.45) is 0 Å². The van der Waals surface area contributed by atoms with Gasteiger partial charge in [-0.2, -0.15) is 0 Å². The molecule has 0 saturated carbocycles. The van der Waals surface area contributed by atoms with Gasteiger partial charge in [0, 0.05) is 31.4 Å². The summed E-state index contributed by atoms with van der Waals surface area (Å²) >= 11 is 0. The van der Waals surface area contributed by atoms with Gasteiger partial charge in [-0.25, -0.2) is 9.37 Å². The normalized spacial score (nSPS) is 20.2. The molecular formula is C17H18FN3O4. The molecule has 8 heteroatoms. The van der Waals surface area contributed by atoms with Gasteiger partial charge in [-0.15, -0.1) is 0 Å². The molecule has 0 aliphatic carbocycles. The van der Waals surface area contributed by atoms with Crippen LogP contribution in [0.25, 0.3) is 0 Å². The highest BCUT2D eigenvalue weighted by Gasteiger charge is 2.33. The lowest BCUT2D eigenvalue weighted by atomic mass is 10.0. The number of amides is 1. The molecule has 132 valence electrons. The summed E-state index contributed by atoms with van der Waals surface area (Å²) in [5.74, 6) is -0.119. The molecular weight excluding hydrogens is 329 g/mol. The molecule has 0 radical (unpaired) electrons. The summed E-state index contributed by atoms with van der Waals surface area (Å²) in [5.41, 5.74) is 0.231. The molecule has 1 aliphatic heterocycles. The van der Waals surface area contributed by atoms with E-state index in [1.807, 2.05) is 0 Å². The zero-order valence-corrected chi connectivity index (χ0v) is 13.6. The van der Waals surface area contributed by atoms with E-state index < -0.39 is 18.0 Å². The first-order valence-electron chi connectivity index (χ1n) is 7.82. The maximum Gasteiger partial charge on any atom is 0.274 e. The van der Waals surface area contributed by atoms with Crippen molar-refractivity contribution in [2.45, 2.75) is 18.6 Å². The lowest BCUT2D eigenvalue weighted by Gasteiger charge is -2.35. The summed E-state index contributed by atoms with van der Waals surface area (Å²) in [5, 5.41) is 10.3. The number of benzene rings is 1. The van der Waals surface area contributed by atoms with Crippen LogP contribution in [0.5, 0.6) is 11.5 Å². The number of aliphatic hydroxyl groups is 1. The number of methoxy groups -OCH3 is 1. The van der Waals surface area contributed by atoms with Gasteiger partial charge in [0.1, 0.15) is 23.7 Å². The highest BCUT2D eigenvalue weighted by atomic mass is 19.1. The Balaban J connectivity index is 1.65.